The highest BCUT2D eigenvalue weighted by molar-refractivity contribution is 6.17. The van der Waals surface area contributed by atoms with E-state index in [4.69, 9.17) is 15.5 Å². The van der Waals surface area contributed by atoms with Crippen LogP contribution in [0.15, 0.2) is 52.8 Å². The summed E-state index contributed by atoms with van der Waals surface area (Å²) in [7, 11) is 0. The number of allylic oxidation sites excluding steroid dienone is 5. The number of nitrogen functional groups attached to an aromatic ring is 1. The average molecular weight is 314 g/mol. The molecule has 0 radical (unpaired) electrons. The van der Waals surface area contributed by atoms with Crippen LogP contribution in [-0.4, -0.2) is 11.4 Å². The minimum Gasteiger partial charge on any atom is -0.466 e. The Bertz CT molecular complexity index is 751. The standard InChI is InChI=1S/C19H23FN2O/c1-11(2)15(8-7-13(4)20)18-17-12(3)9-14(21)10-16(17)23-19(5,6)22-18/h7-10H,4,21H2,1-3,5-6H3/b8-7-. The number of anilines is 1. The Hall–Kier alpha value is -2.36. The molecule has 1 aliphatic heterocycles. The van der Waals surface area contributed by atoms with Gasteiger partial charge in [-0.25, -0.2) is 9.38 Å². The van der Waals surface area contributed by atoms with Crippen LogP contribution in [0.25, 0.3) is 0 Å². The first kappa shape index (κ1) is 17.0. The predicted octanol–water partition coefficient (Wildman–Crippen LogP) is 4.87. The van der Waals surface area contributed by atoms with Crippen LogP contribution >= 0.6 is 0 Å². The van der Waals surface area contributed by atoms with Crippen molar-refractivity contribution in [2.75, 3.05) is 5.73 Å². The third kappa shape index (κ3) is 3.70. The number of hydrogen-bond acceptors (Lipinski definition) is 3. The highest BCUT2D eigenvalue weighted by Gasteiger charge is 2.30. The van der Waals surface area contributed by atoms with Crippen LogP contribution in [0.3, 0.4) is 0 Å². The van der Waals surface area contributed by atoms with E-state index in [0.717, 1.165) is 28.0 Å². The van der Waals surface area contributed by atoms with Crippen LogP contribution in [0.2, 0.25) is 0 Å². The minimum absolute atomic E-state index is 0.495. The van der Waals surface area contributed by atoms with Crippen molar-refractivity contribution in [3.05, 3.63) is 59.0 Å². The molecule has 4 heteroatoms. The first-order valence-electron chi connectivity index (χ1n) is 7.50. The molecular weight excluding hydrogens is 291 g/mol. The van der Waals surface area contributed by atoms with Crippen LogP contribution in [0, 0.1) is 6.92 Å². The molecule has 122 valence electrons. The molecule has 0 saturated heterocycles. The van der Waals surface area contributed by atoms with Crippen LogP contribution in [0.5, 0.6) is 5.75 Å². The van der Waals surface area contributed by atoms with E-state index < -0.39 is 11.6 Å². The number of benzene rings is 1. The zero-order valence-electron chi connectivity index (χ0n) is 14.3. The molecule has 23 heavy (non-hydrogen) atoms. The van der Waals surface area contributed by atoms with Gasteiger partial charge in [0.1, 0.15) is 11.6 Å². The topological polar surface area (TPSA) is 47.6 Å². The van der Waals surface area contributed by atoms with Crippen molar-refractivity contribution in [1.82, 2.24) is 0 Å². The Morgan fingerprint density at radius 3 is 2.52 bits per heavy atom. The van der Waals surface area contributed by atoms with Gasteiger partial charge in [0.15, 0.2) is 5.72 Å². The second-order valence-electron chi connectivity index (χ2n) is 6.41. The molecular formula is C19H23FN2O. The summed E-state index contributed by atoms with van der Waals surface area (Å²) in [6.45, 7) is 12.9. The Morgan fingerprint density at radius 1 is 1.30 bits per heavy atom. The lowest BCUT2D eigenvalue weighted by atomic mass is 9.92. The fourth-order valence-electron chi connectivity index (χ4n) is 2.63. The van der Waals surface area contributed by atoms with E-state index >= 15 is 0 Å². The van der Waals surface area contributed by atoms with Crippen molar-refractivity contribution in [2.45, 2.75) is 40.3 Å². The molecule has 0 aromatic heterocycles. The van der Waals surface area contributed by atoms with E-state index in [1.54, 1.807) is 12.1 Å². The normalized spacial score (nSPS) is 15.7. The molecule has 0 aliphatic carbocycles. The first-order chi connectivity index (χ1) is 10.6. The van der Waals surface area contributed by atoms with Gasteiger partial charge in [-0.1, -0.05) is 12.2 Å². The maximum absolute atomic E-state index is 13.1. The smallest absolute Gasteiger partial charge is 0.195 e. The van der Waals surface area contributed by atoms with E-state index in [2.05, 4.69) is 6.58 Å². The Balaban J connectivity index is 2.72. The average Bonchev–Trinajstić information content (AvgIpc) is 2.34. The molecule has 0 bridgehead atoms. The summed E-state index contributed by atoms with van der Waals surface area (Å²) in [5, 5.41) is 0. The van der Waals surface area contributed by atoms with Crippen LogP contribution in [-0.2, 0) is 0 Å². The maximum atomic E-state index is 13.1. The molecule has 2 N–H and O–H groups in total. The molecule has 1 heterocycles. The van der Waals surface area contributed by atoms with Crippen molar-refractivity contribution in [2.24, 2.45) is 4.99 Å². The summed E-state index contributed by atoms with van der Waals surface area (Å²) in [4.78, 5) is 4.74. The first-order valence-corrected chi connectivity index (χ1v) is 7.50. The van der Waals surface area contributed by atoms with E-state index in [1.807, 2.05) is 40.7 Å². The molecule has 0 saturated carbocycles. The zero-order valence-corrected chi connectivity index (χ0v) is 14.3. The predicted molar refractivity (Wildman–Crippen MR) is 94.6 cm³/mol. The van der Waals surface area contributed by atoms with Gasteiger partial charge in [-0.3, -0.25) is 0 Å². The van der Waals surface area contributed by atoms with Gasteiger partial charge in [0.2, 0.25) is 0 Å². The van der Waals surface area contributed by atoms with Crippen molar-refractivity contribution in [3.8, 4) is 5.75 Å². The number of hydrogen-bond donors (Lipinski definition) is 1. The summed E-state index contributed by atoms with van der Waals surface area (Å²) < 4.78 is 19.0. The largest absolute Gasteiger partial charge is 0.466 e. The molecule has 1 aliphatic rings. The number of aliphatic imine (C=N–C) groups is 1. The Labute approximate surface area is 137 Å². The lowest BCUT2D eigenvalue weighted by Crippen LogP contribution is -2.33. The third-order valence-corrected chi connectivity index (χ3v) is 3.52. The van der Waals surface area contributed by atoms with Crippen molar-refractivity contribution < 1.29 is 9.13 Å². The number of ether oxygens (including phenoxy) is 1. The van der Waals surface area contributed by atoms with Crippen LogP contribution < -0.4 is 10.5 Å². The molecule has 0 amide bonds. The SMILES string of the molecule is C=C(F)/C=C\C(C1=NC(C)(C)Oc2cc(N)cc(C)c21)=C(C)C. The van der Waals surface area contributed by atoms with Gasteiger partial charge in [-0.05, 0) is 64.0 Å². The lowest BCUT2D eigenvalue weighted by molar-refractivity contribution is 0.115. The number of aryl methyl sites for hydroxylation is 1. The quantitative estimate of drug-likeness (QED) is 0.639. The third-order valence-electron chi connectivity index (χ3n) is 3.52. The van der Waals surface area contributed by atoms with Crippen LogP contribution in [0.4, 0.5) is 10.1 Å². The van der Waals surface area contributed by atoms with Gasteiger partial charge in [0.05, 0.1) is 5.71 Å². The zero-order chi connectivity index (χ0) is 17.4. The van der Waals surface area contributed by atoms with Gasteiger partial charge in [-0.15, -0.1) is 0 Å². The lowest BCUT2D eigenvalue weighted by Gasteiger charge is -2.32. The molecule has 0 unspecified atom stereocenters. The Morgan fingerprint density at radius 2 is 1.96 bits per heavy atom. The van der Waals surface area contributed by atoms with Gasteiger partial charge in [-0.2, -0.15) is 0 Å². The number of halogens is 1. The summed E-state index contributed by atoms with van der Waals surface area (Å²) in [5.74, 6) is 0.202. The monoisotopic (exact) mass is 314 g/mol. The molecule has 0 fully saturated rings. The fraction of sp³-hybridized carbons (Fsp3) is 0.316. The molecule has 0 atom stereocenters. The van der Waals surface area contributed by atoms with Gasteiger partial charge >= 0.3 is 0 Å². The highest BCUT2D eigenvalue weighted by Crippen LogP contribution is 2.37. The number of rotatable bonds is 3. The molecule has 0 spiro atoms. The number of nitrogens with zero attached hydrogens (tertiary/aromatic N) is 1. The van der Waals surface area contributed by atoms with E-state index in [-0.39, 0.29) is 0 Å². The summed E-state index contributed by atoms with van der Waals surface area (Å²) in [5.41, 5.74) is 10.4. The van der Waals surface area contributed by atoms with E-state index in [1.165, 1.54) is 6.08 Å². The summed E-state index contributed by atoms with van der Waals surface area (Å²) in [6, 6.07) is 3.69. The van der Waals surface area contributed by atoms with E-state index in [0.29, 0.717) is 11.4 Å². The van der Waals surface area contributed by atoms with Gasteiger partial charge < -0.3 is 10.5 Å². The van der Waals surface area contributed by atoms with Gasteiger partial charge in [0.25, 0.3) is 0 Å². The second kappa shape index (κ2) is 6.03. The van der Waals surface area contributed by atoms with Crippen molar-refractivity contribution in [3.63, 3.8) is 0 Å². The molecule has 1 aromatic carbocycles. The number of nitrogens with two attached hydrogens (primary N) is 1. The highest BCUT2D eigenvalue weighted by atomic mass is 19.1. The molecule has 3 nitrogen and oxygen atoms in total. The molecule has 2 rings (SSSR count). The second-order valence-corrected chi connectivity index (χ2v) is 6.41. The Kier molecular flexibility index (Phi) is 4.46. The van der Waals surface area contributed by atoms with Crippen molar-refractivity contribution >= 4 is 11.4 Å². The van der Waals surface area contributed by atoms with Crippen molar-refractivity contribution in [1.29, 1.82) is 0 Å². The van der Waals surface area contributed by atoms with Gasteiger partial charge in [0, 0.05) is 17.3 Å². The summed E-state index contributed by atoms with van der Waals surface area (Å²) in [6.07, 6.45) is 3.05. The number of fused-ring (bicyclic) bond motifs is 1. The van der Waals surface area contributed by atoms with Crippen LogP contribution in [0.1, 0.15) is 38.8 Å². The maximum Gasteiger partial charge on any atom is 0.195 e. The summed E-state index contributed by atoms with van der Waals surface area (Å²) >= 11 is 0. The minimum atomic E-state index is -0.718. The molecule has 1 aromatic rings. The van der Waals surface area contributed by atoms with E-state index in [9.17, 15) is 4.39 Å². The fourth-order valence-corrected chi connectivity index (χ4v) is 2.63.